The van der Waals surface area contributed by atoms with E-state index < -0.39 is 11.1 Å². The van der Waals surface area contributed by atoms with Gasteiger partial charge in [-0.15, -0.1) is 0 Å². The molecule has 0 unspecified atom stereocenters. The van der Waals surface area contributed by atoms with Gasteiger partial charge in [-0.2, -0.15) is 5.26 Å². The van der Waals surface area contributed by atoms with Crippen molar-refractivity contribution in [3.05, 3.63) is 0 Å². The molecule has 1 heterocycles. The van der Waals surface area contributed by atoms with E-state index in [2.05, 4.69) is 0 Å². The number of carbonyl (C=O) groups excluding carboxylic acids is 1. The SMILES string of the molecule is CCO[C@@H]1N(C(C)C)C(=O)[C@]1(Cl)C#N. The maximum atomic E-state index is 11.5. The fraction of sp³-hybridized carbons (Fsp3) is 0.778. The van der Waals surface area contributed by atoms with E-state index in [-0.39, 0.29) is 11.9 Å². The van der Waals surface area contributed by atoms with Crippen molar-refractivity contribution in [3.63, 3.8) is 0 Å². The molecule has 14 heavy (non-hydrogen) atoms. The van der Waals surface area contributed by atoms with Crippen LogP contribution in [0.15, 0.2) is 0 Å². The van der Waals surface area contributed by atoms with Crippen molar-refractivity contribution < 1.29 is 9.53 Å². The Morgan fingerprint density at radius 2 is 2.36 bits per heavy atom. The van der Waals surface area contributed by atoms with Crippen LogP contribution in [0.25, 0.3) is 0 Å². The van der Waals surface area contributed by atoms with Gasteiger partial charge in [-0.25, -0.2) is 0 Å². The van der Waals surface area contributed by atoms with Crippen LogP contribution in [0.1, 0.15) is 20.8 Å². The van der Waals surface area contributed by atoms with Crippen LogP contribution in [-0.4, -0.2) is 34.6 Å². The summed E-state index contributed by atoms with van der Waals surface area (Å²) in [7, 11) is 0. The number of nitrogens with zero attached hydrogens (tertiary/aromatic N) is 2. The van der Waals surface area contributed by atoms with Crippen LogP contribution in [0.2, 0.25) is 0 Å². The summed E-state index contributed by atoms with van der Waals surface area (Å²) >= 11 is 5.85. The molecule has 1 rings (SSSR count). The van der Waals surface area contributed by atoms with Crippen LogP contribution in [0.4, 0.5) is 0 Å². The van der Waals surface area contributed by atoms with Crippen molar-refractivity contribution in [1.82, 2.24) is 4.90 Å². The van der Waals surface area contributed by atoms with E-state index in [0.717, 1.165) is 0 Å². The summed E-state index contributed by atoms with van der Waals surface area (Å²) in [6.45, 7) is 5.95. The molecule has 1 saturated heterocycles. The number of carbonyl (C=O) groups is 1. The molecule has 0 saturated carbocycles. The molecule has 2 atom stereocenters. The molecule has 0 spiro atoms. The first-order valence-corrected chi connectivity index (χ1v) is 4.91. The van der Waals surface area contributed by atoms with Crippen LogP contribution in [0, 0.1) is 11.3 Å². The number of hydrogen-bond acceptors (Lipinski definition) is 3. The van der Waals surface area contributed by atoms with Crippen LogP contribution in [0.5, 0.6) is 0 Å². The first-order chi connectivity index (χ1) is 6.49. The maximum absolute atomic E-state index is 11.5. The lowest BCUT2D eigenvalue weighted by Crippen LogP contribution is -2.73. The molecule has 1 fully saturated rings. The van der Waals surface area contributed by atoms with Gasteiger partial charge < -0.3 is 9.64 Å². The van der Waals surface area contributed by atoms with E-state index in [1.807, 2.05) is 13.8 Å². The maximum Gasteiger partial charge on any atom is 0.265 e. The molecule has 1 aliphatic rings. The second kappa shape index (κ2) is 3.76. The summed E-state index contributed by atoms with van der Waals surface area (Å²) in [5.41, 5.74) is 0. The van der Waals surface area contributed by atoms with E-state index in [9.17, 15) is 4.79 Å². The quantitative estimate of drug-likeness (QED) is 0.525. The average molecular weight is 217 g/mol. The molecule has 0 aliphatic carbocycles. The molecular formula is C9H13ClN2O2. The average Bonchev–Trinajstić information content (AvgIpc) is 2.15. The van der Waals surface area contributed by atoms with Crippen LogP contribution < -0.4 is 0 Å². The van der Waals surface area contributed by atoms with Gasteiger partial charge in [-0.3, -0.25) is 4.79 Å². The van der Waals surface area contributed by atoms with Gasteiger partial charge in [0.15, 0.2) is 6.23 Å². The van der Waals surface area contributed by atoms with Gasteiger partial charge in [-0.05, 0) is 20.8 Å². The lowest BCUT2D eigenvalue weighted by atomic mass is 9.94. The van der Waals surface area contributed by atoms with Gasteiger partial charge in [-0.1, -0.05) is 11.6 Å². The highest BCUT2D eigenvalue weighted by atomic mass is 35.5. The summed E-state index contributed by atoms with van der Waals surface area (Å²) in [6, 6.07) is 1.80. The largest absolute Gasteiger partial charge is 0.355 e. The molecule has 0 radical (unpaired) electrons. The number of ether oxygens (including phenoxy) is 1. The van der Waals surface area contributed by atoms with Gasteiger partial charge in [0, 0.05) is 12.6 Å². The number of halogens is 1. The second-order valence-electron chi connectivity index (χ2n) is 3.44. The predicted octanol–water partition coefficient (Wildman–Crippen LogP) is 1.10. The Balaban J connectivity index is 2.86. The molecule has 0 N–H and O–H groups in total. The van der Waals surface area contributed by atoms with Gasteiger partial charge in [0.25, 0.3) is 10.8 Å². The number of hydrogen-bond donors (Lipinski definition) is 0. The molecule has 1 amide bonds. The fourth-order valence-corrected chi connectivity index (χ4v) is 1.75. The minimum atomic E-state index is -1.51. The van der Waals surface area contributed by atoms with Crippen molar-refractivity contribution in [1.29, 1.82) is 5.26 Å². The summed E-state index contributed by atoms with van der Waals surface area (Å²) in [5, 5.41) is 8.80. The Morgan fingerprint density at radius 1 is 1.79 bits per heavy atom. The molecule has 1 aliphatic heterocycles. The number of alkyl halides is 1. The zero-order valence-corrected chi connectivity index (χ0v) is 9.21. The predicted molar refractivity (Wildman–Crippen MR) is 51.6 cm³/mol. The lowest BCUT2D eigenvalue weighted by Gasteiger charge is -2.50. The number of likely N-dealkylation sites (tertiary alicyclic amines) is 1. The van der Waals surface area contributed by atoms with Gasteiger partial charge in [0.05, 0.1) is 0 Å². The minimum absolute atomic E-state index is 0.000671. The Morgan fingerprint density at radius 3 is 2.71 bits per heavy atom. The third-order valence-corrected chi connectivity index (χ3v) is 2.62. The van der Waals surface area contributed by atoms with E-state index in [1.165, 1.54) is 4.90 Å². The van der Waals surface area contributed by atoms with Crippen molar-refractivity contribution in [2.75, 3.05) is 6.61 Å². The van der Waals surface area contributed by atoms with Crippen molar-refractivity contribution in [2.45, 2.75) is 37.9 Å². The number of β-lactam (4-membered cyclic amide) rings is 1. The van der Waals surface area contributed by atoms with E-state index >= 15 is 0 Å². The number of nitriles is 1. The summed E-state index contributed by atoms with van der Waals surface area (Å²) < 4.78 is 5.28. The zero-order chi connectivity index (χ0) is 10.9. The van der Waals surface area contributed by atoms with Crippen molar-refractivity contribution in [2.24, 2.45) is 0 Å². The smallest absolute Gasteiger partial charge is 0.265 e. The van der Waals surface area contributed by atoms with Crippen molar-refractivity contribution >= 4 is 17.5 Å². The van der Waals surface area contributed by atoms with Crippen molar-refractivity contribution in [3.8, 4) is 6.07 Å². The lowest BCUT2D eigenvalue weighted by molar-refractivity contribution is -0.185. The van der Waals surface area contributed by atoms with Gasteiger partial charge in [0.1, 0.15) is 6.07 Å². The molecule has 4 nitrogen and oxygen atoms in total. The molecule has 0 aromatic rings. The van der Waals surface area contributed by atoms with E-state index in [0.29, 0.717) is 6.61 Å². The third kappa shape index (κ3) is 1.37. The fourth-order valence-electron chi connectivity index (χ4n) is 1.49. The highest BCUT2D eigenvalue weighted by Crippen LogP contribution is 2.38. The molecule has 0 bridgehead atoms. The molecule has 0 aromatic heterocycles. The first-order valence-electron chi connectivity index (χ1n) is 4.53. The Labute approximate surface area is 88.4 Å². The monoisotopic (exact) mass is 216 g/mol. The minimum Gasteiger partial charge on any atom is -0.355 e. The Bertz CT molecular complexity index is 287. The topological polar surface area (TPSA) is 53.3 Å². The molecule has 5 heteroatoms. The summed E-state index contributed by atoms with van der Waals surface area (Å²) in [6.07, 6.45) is -0.619. The van der Waals surface area contributed by atoms with Crippen LogP contribution in [0.3, 0.4) is 0 Å². The van der Waals surface area contributed by atoms with E-state index in [1.54, 1.807) is 13.0 Å². The molecule has 78 valence electrons. The number of amides is 1. The van der Waals surface area contributed by atoms with Gasteiger partial charge in [0.2, 0.25) is 0 Å². The molecular weight excluding hydrogens is 204 g/mol. The normalized spacial score (nSPS) is 31.6. The highest BCUT2D eigenvalue weighted by Gasteiger charge is 2.62. The summed E-state index contributed by atoms with van der Waals surface area (Å²) in [4.78, 5) is 11.5. The zero-order valence-electron chi connectivity index (χ0n) is 8.45. The Hall–Kier alpha value is -0.790. The third-order valence-electron chi connectivity index (χ3n) is 2.18. The van der Waals surface area contributed by atoms with Gasteiger partial charge >= 0.3 is 0 Å². The standard InChI is InChI=1S/C9H13ClN2O2/c1-4-14-8-9(10,5-11)7(13)12(8)6(2)3/h6,8H,4H2,1-3H3/t8-,9+/m0/s1. The van der Waals surface area contributed by atoms with E-state index in [4.69, 9.17) is 21.6 Å². The highest BCUT2D eigenvalue weighted by molar-refractivity contribution is 6.40. The van der Waals surface area contributed by atoms with Crippen LogP contribution >= 0.6 is 11.6 Å². The Kier molecular flexibility index (Phi) is 3.03. The first kappa shape index (κ1) is 11.3. The second-order valence-corrected chi connectivity index (χ2v) is 4.03. The molecule has 0 aromatic carbocycles. The summed E-state index contributed by atoms with van der Waals surface area (Å²) in [5.74, 6) is -0.366. The van der Waals surface area contributed by atoms with Crippen LogP contribution in [-0.2, 0) is 9.53 Å². The number of rotatable bonds is 3.